The zero-order valence-electron chi connectivity index (χ0n) is 12.1. The van der Waals surface area contributed by atoms with E-state index in [2.05, 4.69) is 17.6 Å². The number of carbonyl (C=O) groups excluding carboxylic acids is 1. The number of rotatable bonds is 9. The Balaban J connectivity index is 2.15. The molecule has 0 heterocycles. The van der Waals surface area contributed by atoms with Gasteiger partial charge in [0.2, 0.25) is 5.91 Å². The first kappa shape index (κ1) is 15.4. The summed E-state index contributed by atoms with van der Waals surface area (Å²) in [6, 6.07) is -0.140. The maximum absolute atomic E-state index is 11.8. The topological polar surface area (TPSA) is 50.4 Å². The molecule has 0 aromatic rings. The van der Waals surface area contributed by atoms with E-state index in [0.29, 0.717) is 0 Å². The molecular weight excluding hydrogens is 228 g/mol. The molecule has 1 fully saturated rings. The summed E-state index contributed by atoms with van der Waals surface area (Å²) in [5.74, 6) is 0.0941. The Labute approximate surface area is 111 Å². The van der Waals surface area contributed by atoms with Crippen LogP contribution in [0.2, 0.25) is 0 Å². The molecule has 2 N–H and O–H groups in total. The Kier molecular flexibility index (Phi) is 6.65. The number of hydrogen-bond donors (Lipinski definition) is 2. The summed E-state index contributed by atoms with van der Waals surface area (Å²) >= 11 is 0. The van der Waals surface area contributed by atoms with E-state index in [1.165, 1.54) is 19.3 Å². The maximum atomic E-state index is 11.8. The highest BCUT2D eigenvalue weighted by molar-refractivity contribution is 5.81. The van der Waals surface area contributed by atoms with Gasteiger partial charge in [0.05, 0.1) is 11.6 Å². The van der Waals surface area contributed by atoms with Crippen molar-refractivity contribution < 1.29 is 9.53 Å². The van der Waals surface area contributed by atoms with E-state index in [1.54, 1.807) is 7.11 Å². The van der Waals surface area contributed by atoms with Crippen LogP contribution in [0.5, 0.6) is 0 Å². The average molecular weight is 256 g/mol. The number of methoxy groups -OCH3 is 1. The van der Waals surface area contributed by atoms with E-state index >= 15 is 0 Å². The van der Waals surface area contributed by atoms with E-state index in [9.17, 15) is 4.79 Å². The van der Waals surface area contributed by atoms with Crippen LogP contribution in [0.15, 0.2) is 0 Å². The van der Waals surface area contributed by atoms with E-state index < -0.39 is 0 Å². The summed E-state index contributed by atoms with van der Waals surface area (Å²) in [5.41, 5.74) is -0.0171. The van der Waals surface area contributed by atoms with Gasteiger partial charge >= 0.3 is 0 Å². The Hall–Kier alpha value is -0.610. The first-order valence-electron chi connectivity index (χ1n) is 7.20. The van der Waals surface area contributed by atoms with Crippen molar-refractivity contribution >= 4 is 5.91 Å². The van der Waals surface area contributed by atoms with Gasteiger partial charge < -0.3 is 15.4 Å². The number of carbonyl (C=O) groups is 1. The first-order valence-corrected chi connectivity index (χ1v) is 7.20. The zero-order valence-corrected chi connectivity index (χ0v) is 12.1. The first-order chi connectivity index (χ1) is 8.63. The molecule has 1 atom stereocenters. The lowest BCUT2D eigenvalue weighted by atomic mass is 9.80. The third kappa shape index (κ3) is 4.58. The van der Waals surface area contributed by atoms with Crippen LogP contribution in [0.1, 0.15) is 52.4 Å². The summed E-state index contributed by atoms with van der Waals surface area (Å²) in [7, 11) is 1.76. The molecule has 0 aliphatic heterocycles. The normalized spacial score (nSPS) is 19.1. The summed E-state index contributed by atoms with van der Waals surface area (Å²) in [6.45, 7) is 5.63. The van der Waals surface area contributed by atoms with Crippen molar-refractivity contribution in [1.29, 1.82) is 0 Å². The van der Waals surface area contributed by atoms with Crippen LogP contribution in [0.25, 0.3) is 0 Å². The van der Waals surface area contributed by atoms with Crippen LogP contribution in [-0.2, 0) is 9.53 Å². The molecule has 4 heteroatoms. The van der Waals surface area contributed by atoms with Crippen molar-refractivity contribution in [2.75, 3.05) is 20.2 Å². The van der Waals surface area contributed by atoms with Gasteiger partial charge in [-0.3, -0.25) is 4.79 Å². The monoisotopic (exact) mass is 256 g/mol. The number of unbranched alkanes of at least 4 members (excludes halogenated alkanes) is 2. The molecule has 1 unspecified atom stereocenters. The highest BCUT2D eigenvalue weighted by Gasteiger charge is 2.37. The molecule has 0 aromatic carbocycles. The molecule has 0 aromatic heterocycles. The molecule has 106 valence electrons. The van der Waals surface area contributed by atoms with Gasteiger partial charge in [0.25, 0.3) is 0 Å². The van der Waals surface area contributed by atoms with Gasteiger partial charge in [-0.1, -0.05) is 19.8 Å². The fourth-order valence-electron chi connectivity index (χ4n) is 2.20. The standard InChI is InChI=1S/C14H28N2O2/c1-4-5-6-10-15-13(17)12(2)16-11-14(18-3)8-7-9-14/h12,16H,4-11H2,1-3H3,(H,15,17). The van der Waals surface area contributed by atoms with Gasteiger partial charge in [0.15, 0.2) is 0 Å². The predicted molar refractivity (Wildman–Crippen MR) is 73.6 cm³/mol. The number of nitrogens with one attached hydrogen (secondary N) is 2. The second-order valence-corrected chi connectivity index (χ2v) is 5.34. The molecule has 0 saturated heterocycles. The lowest BCUT2D eigenvalue weighted by molar-refractivity contribution is -0.123. The van der Waals surface area contributed by atoms with Gasteiger partial charge in [-0.25, -0.2) is 0 Å². The third-order valence-corrected chi connectivity index (χ3v) is 3.90. The molecule has 1 aliphatic carbocycles. The highest BCUT2D eigenvalue weighted by atomic mass is 16.5. The quantitative estimate of drug-likeness (QED) is 0.619. The number of ether oxygens (including phenoxy) is 1. The van der Waals surface area contributed by atoms with E-state index in [4.69, 9.17) is 4.74 Å². The van der Waals surface area contributed by atoms with Crippen LogP contribution in [0.3, 0.4) is 0 Å². The number of amides is 1. The summed E-state index contributed by atoms with van der Waals surface area (Å²) in [5, 5.41) is 6.25. The summed E-state index contributed by atoms with van der Waals surface area (Å²) < 4.78 is 5.52. The van der Waals surface area contributed by atoms with Gasteiger partial charge in [-0.15, -0.1) is 0 Å². The van der Waals surface area contributed by atoms with Crippen LogP contribution in [-0.4, -0.2) is 37.7 Å². The third-order valence-electron chi connectivity index (χ3n) is 3.90. The molecule has 0 bridgehead atoms. The lowest BCUT2D eigenvalue weighted by Gasteiger charge is -2.41. The maximum Gasteiger partial charge on any atom is 0.236 e. The minimum atomic E-state index is -0.140. The molecule has 1 rings (SSSR count). The van der Waals surface area contributed by atoms with Crippen LogP contribution in [0, 0.1) is 0 Å². The summed E-state index contributed by atoms with van der Waals surface area (Å²) in [4.78, 5) is 11.8. The van der Waals surface area contributed by atoms with Crippen molar-refractivity contribution in [2.24, 2.45) is 0 Å². The number of hydrogen-bond acceptors (Lipinski definition) is 3. The van der Waals surface area contributed by atoms with Crippen LogP contribution >= 0.6 is 0 Å². The van der Waals surface area contributed by atoms with Crippen molar-refractivity contribution in [3.63, 3.8) is 0 Å². The van der Waals surface area contributed by atoms with E-state index in [0.717, 1.165) is 32.4 Å². The van der Waals surface area contributed by atoms with Crippen molar-refractivity contribution in [1.82, 2.24) is 10.6 Å². The van der Waals surface area contributed by atoms with Gasteiger partial charge in [-0.05, 0) is 32.6 Å². The Bertz CT molecular complexity index is 247. The minimum absolute atomic E-state index is 0.0171. The van der Waals surface area contributed by atoms with Crippen LogP contribution in [0.4, 0.5) is 0 Å². The van der Waals surface area contributed by atoms with Crippen molar-refractivity contribution in [3.8, 4) is 0 Å². The van der Waals surface area contributed by atoms with E-state index in [1.807, 2.05) is 6.92 Å². The highest BCUT2D eigenvalue weighted by Crippen LogP contribution is 2.34. The van der Waals surface area contributed by atoms with Gasteiger partial charge in [-0.2, -0.15) is 0 Å². The zero-order chi connectivity index (χ0) is 13.4. The SMILES string of the molecule is CCCCCNC(=O)C(C)NCC1(OC)CCC1. The molecule has 4 nitrogen and oxygen atoms in total. The molecule has 1 saturated carbocycles. The molecule has 18 heavy (non-hydrogen) atoms. The van der Waals surface area contributed by atoms with Gasteiger partial charge in [0, 0.05) is 20.2 Å². The smallest absolute Gasteiger partial charge is 0.236 e. The Morgan fingerprint density at radius 3 is 2.61 bits per heavy atom. The fourth-order valence-corrected chi connectivity index (χ4v) is 2.20. The second kappa shape index (κ2) is 7.74. The fraction of sp³-hybridized carbons (Fsp3) is 0.929. The molecular formula is C14H28N2O2. The molecule has 0 spiro atoms. The van der Waals surface area contributed by atoms with Crippen LogP contribution < -0.4 is 10.6 Å². The van der Waals surface area contributed by atoms with Crippen molar-refractivity contribution in [3.05, 3.63) is 0 Å². The molecule has 0 radical (unpaired) electrons. The van der Waals surface area contributed by atoms with Gasteiger partial charge in [0.1, 0.15) is 0 Å². The lowest BCUT2D eigenvalue weighted by Crippen LogP contribution is -2.53. The van der Waals surface area contributed by atoms with E-state index in [-0.39, 0.29) is 17.6 Å². The minimum Gasteiger partial charge on any atom is -0.377 e. The Morgan fingerprint density at radius 1 is 1.39 bits per heavy atom. The largest absolute Gasteiger partial charge is 0.377 e. The molecule has 1 amide bonds. The van der Waals surface area contributed by atoms with Crippen molar-refractivity contribution in [2.45, 2.75) is 64.0 Å². The molecule has 1 aliphatic rings. The summed E-state index contributed by atoms with van der Waals surface area (Å²) in [6.07, 6.45) is 6.85. The predicted octanol–water partition coefficient (Wildman–Crippen LogP) is 1.84. The second-order valence-electron chi connectivity index (χ2n) is 5.34. The Morgan fingerprint density at radius 2 is 2.11 bits per heavy atom. The average Bonchev–Trinajstić information content (AvgIpc) is 2.33.